The zero-order valence-corrected chi connectivity index (χ0v) is 12.0. The first-order valence-electron chi connectivity index (χ1n) is 6.25. The topological polar surface area (TPSA) is 50.1 Å². The van der Waals surface area contributed by atoms with Crippen molar-refractivity contribution in [2.24, 2.45) is 0 Å². The first-order chi connectivity index (χ1) is 8.11. The third-order valence-electron chi connectivity index (χ3n) is 3.10. The lowest BCUT2D eigenvalue weighted by molar-refractivity contribution is 0.168. The SMILES string of the molecule is CCn1nc(C)c(Br)c1CC(O)CNC1CC1. The Balaban J connectivity index is 1.95. The summed E-state index contributed by atoms with van der Waals surface area (Å²) < 4.78 is 2.99. The molecule has 2 rings (SSSR count). The highest BCUT2D eigenvalue weighted by Crippen LogP contribution is 2.23. The second kappa shape index (κ2) is 5.50. The van der Waals surface area contributed by atoms with Crippen LogP contribution in [0.25, 0.3) is 0 Å². The number of rotatable bonds is 6. The van der Waals surface area contributed by atoms with Crippen LogP contribution in [-0.4, -0.2) is 33.6 Å². The Morgan fingerprint density at radius 2 is 2.29 bits per heavy atom. The molecule has 17 heavy (non-hydrogen) atoms. The molecular formula is C12H20BrN3O. The van der Waals surface area contributed by atoms with Crippen LogP contribution in [0.1, 0.15) is 31.2 Å². The number of nitrogens with one attached hydrogen (secondary N) is 1. The van der Waals surface area contributed by atoms with E-state index in [1.807, 2.05) is 11.6 Å². The second-order valence-corrected chi connectivity index (χ2v) is 5.50. The minimum absolute atomic E-state index is 0.340. The average molecular weight is 302 g/mol. The number of aromatic nitrogens is 2. The van der Waals surface area contributed by atoms with Crippen molar-refractivity contribution in [3.63, 3.8) is 0 Å². The second-order valence-electron chi connectivity index (χ2n) is 4.70. The van der Waals surface area contributed by atoms with Crippen LogP contribution >= 0.6 is 15.9 Å². The van der Waals surface area contributed by atoms with Crippen molar-refractivity contribution in [2.75, 3.05) is 6.54 Å². The van der Waals surface area contributed by atoms with Gasteiger partial charge in [-0.25, -0.2) is 0 Å². The molecule has 5 heteroatoms. The van der Waals surface area contributed by atoms with Gasteiger partial charge in [-0.3, -0.25) is 4.68 Å². The first-order valence-corrected chi connectivity index (χ1v) is 7.04. The molecule has 1 aromatic rings. The fourth-order valence-electron chi connectivity index (χ4n) is 1.95. The monoisotopic (exact) mass is 301 g/mol. The normalized spacial score (nSPS) is 17.4. The maximum absolute atomic E-state index is 10.0. The summed E-state index contributed by atoms with van der Waals surface area (Å²) in [6, 6.07) is 0.644. The molecule has 0 aliphatic heterocycles. The summed E-state index contributed by atoms with van der Waals surface area (Å²) in [6.45, 7) is 5.56. The van der Waals surface area contributed by atoms with Crippen molar-refractivity contribution in [3.05, 3.63) is 15.9 Å². The van der Waals surface area contributed by atoms with Crippen LogP contribution in [0.2, 0.25) is 0 Å². The highest BCUT2D eigenvalue weighted by atomic mass is 79.9. The van der Waals surface area contributed by atoms with Crippen molar-refractivity contribution in [3.8, 4) is 0 Å². The molecule has 2 N–H and O–H groups in total. The van der Waals surface area contributed by atoms with Crippen molar-refractivity contribution in [1.29, 1.82) is 0 Å². The summed E-state index contributed by atoms with van der Waals surface area (Å²) >= 11 is 3.55. The highest BCUT2D eigenvalue weighted by Gasteiger charge is 2.22. The van der Waals surface area contributed by atoms with E-state index in [-0.39, 0.29) is 6.10 Å². The van der Waals surface area contributed by atoms with Gasteiger partial charge in [0.15, 0.2) is 0 Å². The van der Waals surface area contributed by atoms with Crippen molar-refractivity contribution in [2.45, 2.75) is 51.8 Å². The molecule has 1 unspecified atom stereocenters. The zero-order chi connectivity index (χ0) is 12.4. The number of nitrogens with zero attached hydrogens (tertiary/aromatic N) is 2. The Bertz CT molecular complexity index is 387. The molecule has 1 atom stereocenters. The van der Waals surface area contributed by atoms with Gasteiger partial charge in [-0.1, -0.05) is 0 Å². The van der Waals surface area contributed by atoms with Crippen LogP contribution in [-0.2, 0) is 13.0 Å². The molecule has 1 aliphatic rings. The van der Waals surface area contributed by atoms with E-state index in [1.54, 1.807) is 0 Å². The summed E-state index contributed by atoms with van der Waals surface area (Å²) in [7, 11) is 0. The van der Waals surface area contributed by atoms with Crippen LogP contribution in [0.15, 0.2) is 4.47 Å². The van der Waals surface area contributed by atoms with E-state index in [0.717, 1.165) is 22.4 Å². The third kappa shape index (κ3) is 3.30. The lowest BCUT2D eigenvalue weighted by Crippen LogP contribution is -2.30. The van der Waals surface area contributed by atoms with E-state index < -0.39 is 0 Å². The molecule has 0 spiro atoms. The molecule has 1 aliphatic carbocycles. The fraction of sp³-hybridized carbons (Fsp3) is 0.750. The van der Waals surface area contributed by atoms with Crippen molar-refractivity contribution >= 4 is 15.9 Å². The molecule has 1 fully saturated rings. The summed E-state index contributed by atoms with van der Waals surface area (Å²) in [4.78, 5) is 0. The van der Waals surface area contributed by atoms with E-state index in [2.05, 4.69) is 33.3 Å². The molecule has 4 nitrogen and oxygen atoms in total. The maximum Gasteiger partial charge on any atom is 0.0738 e. The molecule has 0 bridgehead atoms. The van der Waals surface area contributed by atoms with Gasteiger partial charge in [0.05, 0.1) is 22.0 Å². The number of aliphatic hydroxyl groups is 1. The van der Waals surface area contributed by atoms with Crippen LogP contribution in [0, 0.1) is 6.92 Å². The molecule has 1 aromatic heterocycles. The van der Waals surface area contributed by atoms with Crippen molar-refractivity contribution in [1.82, 2.24) is 15.1 Å². The van der Waals surface area contributed by atoms with Gasteiger partial charge in [0.25, 0.3) is 0 Å². The van der Waals surface area contributed by atoms with Gasteiger partial charge in [0, 0.05) is 25.6 Å². The molecule has 0 saturated heterocycles. The van der Waals surface area contributed by atoms with E-state index in [1.165, 1.54) is 12.8 Å². The predicted octanol–water partition coefficient (Wildman–Crippen LogP) is 1.63. The molecule has 0 amide bonds. The molecular weight excluding hydrogens is 282 g/mol. The molecule has 0 aromatic carbocycles. The van der Waals surface area contributed by atoms with Gasteiger partial charge in [0.1, 0.15) is 0 Å². The fourth-order valence-corrected chi connectivity index (χ4v) is 2.40. The highest BCUT2D eigenvalue weighted by molar-refractivity contribution is 9.10. The average Bonchev–Trinajstić information content (AvgIpc) is 3.09. The van der Waals surface area contributed by atoms with Gasteiger partial charge >= 0.3 is 0 Å². The first kappa shape index (κ1) is 13.1. The van der Waals surface area contributed by atoms with E-state index >= 15 is 0 Å². The number of halogens is 1. The van der Waals surface area contributed by atoms with Gasteiger partial charge in [-0.15, -0.1) is 0 Å². The summed E-state index contributed by atoms with van der Waals surface area (Å²) in [5.41, 5.74) is 2.08. The minimum Gasteiger partial charge on any atom is -0.391 e. The van der Waals surface area contributed by atoms with E-state index in [0.29, 0.717) is 19.0 Å². The van der Waals surface area contributed by atoms with Crippen LogP contribution in [0.5, 0.6) is 0 Å². The number of aryl methyl sites for hydroxylation is 2. The van der Waals surface area contributed by atoms with Crippen LogP contribution < -0.4 is 5.32 Å². The smallest absolute Gasteiger partial charge is 0.0738 e. The largest absolute Gasteiger partial charge is 0.391 e. The Kier molecular flexibility index (Phi) is 4.22. The summed E-state index contributed by atoms with van der Waals surface area (Å²) in [6.07, 6.45) is 2.81. The summed E-state index contributed by atoms with van der Waals surface area (Å²) in [5, 5.41) is 17.8. The Morgan fingerprint density at radius 3 is 2.88 bits per heavy atom. The standard InChI is InChI=1S/C12H20BrN3O/c1-3-16-11(12(13)8(2)15-16)6-10(17)7-14-9-4-5-9/h9-10,14,17H,3-7H2,1-2H3. The lowest BCUT2D eigenvalue weighted by atomic mass is 10.2. The lowest BCUT2D eigenvalue weighted by Gasteiger charge is -2.12. The Hall–Kier alpha value is -0.390. The van der Waals surface area contributed by atoms with Crippen LogP contribution in [0.4, 0.5) is 0 Å². The minimum atomic E-state index is -0.340. The van der Waals surface area contributed by atoms with Crippen LogP contribution in [0.3, 0.4) is 0 Å². The van der Waals surface area contributed by atoms with E-state index in [9.17, 15) is 5.11 Å². The number of hydrogen-bond acceptors (Lipinski definition) is 3. The molecule has 0 radical (unpaired) electrons. The Labute approximate surface area is 111 Å². The molecule has 1 heterocycles. The summed E-state index contributed by atoms with van der Waals surface area (Å²) in [5.74, 6) is 0. The van der Waals surface area contributed by atoms with Crippen molar-refractivity contribution < 1.29 is 5.11 Å². The van der Waals surface area contributed by atoms with E-state index in [4.69, 9.17) is 0 Å². The predicted molar refractivity (Wildman–Crippen MR) is 71.1 cm³/mol. The molecule has 96 valence electrons. The Morgan fingerprint density at radius 1 is 1.59 bits per heavy atom. The maximum atomic E-state index is 10.0. The van der Waals surface area contributed by atoms with Gasteiger partial charge in [-0.05, 0) is 42.6 Å². The zero-order valence-electron chi connectivity index (χ0n) is 10.4. The number of hydrogen-bond donors (Lipinski definition) is 2. The quantitative estimate of drug-likeness (QED) is 0.840. The molecule has 1 saturated carbocycles. The third-order valence-corrected chi connectivity index (χ3v) is 4.13. The van der Waals surface area contributed by atoms with Gasteiger partial charge in [-0.2, -0.15) is 5.10 Å². The van der Waals surface area contributed by atoms with Gasteiger partial charge in [0.2, 0.25) is 0 Å². The van der Waals surface area contributed by atoms with Gasteiger partial charge < -0.3 is 10.4 Å². The number of aliphatic hydroxyl groups excluding tert-OH is 1.